The lowest BCUT2D eigenvalue weighted by Gasteiger charge is -2.42. The third kappa shape index (κ3) is 2.49. The molecule has 1 saturated carbocycles. The van der Waals surface area contributed by atoms with Gasteiger partial charge in [-0.1, -0.05) is 25.1 Å². The molecule has 4 rings (SSSR count). The number of H-pyrrole nitrogens is 1. The number of para-hydroxylation sites is 1. The first-order valence-corrected chi connectivity index (χ1v) is 9.23. The summed E-state index contributed by atoms with van der Waals surface area (Å²) in [5, 5.41) is 11.3. The molecule has 2 N–H and O–H groups in total. The lowest BCUT2D eigenvalue weighted by molar-refractivity contribution is -0.0824. The first-order chi connectivity index (χ1) is 12.1. The molecule has 3 atom stereocenters. The van der Waals surface area contributed by atoms with Gasteiger partial charge in [0, 0.05) is 24.6 Å². The SMILES string of the molecule is CCc1c(C(=O)N2CC[C@]3(OC)CC[C@@H](O)C[C@H]23)[nH]c2ccccc12. The zero-order valence-electron chi connectivity index (χ0n) is 14.9. The fourth-order valence-corrected chi connectivity index (χ4v) is 4.81. The van der Waals surface area contributed by atoms with E-state index in [4.69, 9.17) is 4.74 Å². The van der Waals surface area contributed by atoms with Crippen molar-refractivity contribution in [2.24, 2.45) is 0 Å². The Kier molecular flexibility index (Phi) is 4.08. The average Bonchev–Trinajstić information content (AvgIpc) is 3.19. The zero-order chi connectivity index (χ0) is 17.6. The fraction of sp³-hybridized carbons (Fsp3) is 0.550. The van der Waals surface area contributed by atoms with Crippen molar-refractivity contribution in [2.45, 2.75) is 56.8 Å². The second-order valence-corrected chi connectivity index (χ2v) is 7.34. The third-order valence-electron chi connectivity index (χ3n) is 6.20. The molecule has 0 radical (unpaired) electrons. The van der Waals surface area contributed by atoms with Crippen LogP contribution in [-0.4, -0.2) is 52.3 Å². The number of methoxy groups -OCH3 is 1. The number of hydrogen-bond acceptors (Lipinski definition) is 3. The number of carbonyl (C=O) groups excluding carboxylic acids is 1. The summed E-state index contributed by atoms with van der Waals surface area (Å²) in [6.07, 6.45) is 3.46. The van der Waals surface area contributed by atoms with Crippen molar-refractivity contribution < 1.29 is 14.6 Å². The van der Waals surface area contributed by atoms with Gasteiger partial charge in [-0.3, -0.25) is 4.79 Å². The van der Waals surface area contributed by atoms with Crippen LogP contribution in [0.2, 0.25) is 0 Å². The van der Waals surface area contributed by atoms with Crippen LogP contribution in [0.5, 0.6) is 0 Å². The lowest BCUT2D eigenvalue weighted by Crippen LogP contribution is -2.52. The molecule has 5 heteroatoms. The highest BCUT2D eigenvalue weighted by atomic mass is 16.5. The van der Waals surface area contributed by atoms with Gasteiger partial charge >= 0.3 is 0 Å². The molecule has 1 saturated heterocycles. The predicted octanol–water partition coefficient (Wildman–Crippen LogP) is 2.87. The standard InChI is InChI=1S/C20H26N2O3/c1-3-14-15-6-4-5-7-16(15)21-18(14)19(24)22-11-10-20(25-2)9-8-13(23)12-17(20)22/h4-7,13,17,21,23H,3,8-12H2,1-2H3/t13-,17+,20-/m1/s1. The highest BCUT2D eigenvalue weighted by Gasteiger charge is 2.52. The van der Waals surface area contributed by atoms with E-state index in [0.29, 0.717) is 18.7 Å². The number of amides is 1. The van der Waals surface area contributed by atoms with Crippen LogP contribution in [0.3, 0.4) is 0 Å². The number of nitrogens with zero attached hydrogens (tertiary/aromatic N) is 1. The smallest absolute Gasteiger partial charge is 0.270 e. The molecule has 1 aromatic heterocycles. The summed E-state index contributed by atoms with van der Waals surface area (Å²) >= 11 is 0. The minimum Gasteiger partial charge on any atom is -0.393 e. The number of nitrogens with one attached hydrogen (secondary N) is 1. The molecule has 0 bridgehead atoms. The molecule has 1 amide bonds. The largest absolute Gasteiger partial charge is 0.393 e. The van der Waals surface area contributed by atoms with Gasteiger partial charge in [-0.15, -0.1) is 0 Å². The Balaban J connectivity index is 1.72. The van der Waals surface area contributed by atoms with Crippen molar-refractivity contribution in [1.82, 2.24) is 9.88 Å². The van der Waals surface area contributed by atoms with Crippen LogP contribution in [0.25, 0.3) is 10.9 Å². The van der Waals surface area contributed by atoms with Gasteiger partial charge in [0.25, 0.3) is 5.91 Å². The van der Waals surface area contributed by atoms with Gasteiger partial charge in [-0.2, -0.15) is 0 Å². The maximum atomic E-state index is 13.4. The number of aromatic nitrogens is 1. The van der Waals surface area contributed by atoms with Crippen LogP contribution >= 0.6 is 0 Å². The molecule has 2 aliphatic rings. The maximum absolute atomic E-state index is 13.4. The van der Waals surface area contributed by atoms with Crippen molar-refractivity contribution in [2.75, 3.05) is 13.7 Å². The Labute approximate surface area is 148 Å². The number of aliphatic hydroxyl groups excluding tert-OH is 1. The Morgan fingerprint density at radius 3 is 2.96 bits per heavy atom. The van der Waals surface area contributed by atoms with E-state index in [2.05, 4.69) is 18.0 Å². The Morgan fingerprint density at radius 1 is 1.40 bits per heavy atom. The molecule has 0 unspecified atom stereocenters. The van der Waals surface area contributed by atoms with E-state index in [1.54, 1.807) is 7.11 Å². The van der Waals surface area contributed by atoms with E-state index in [1.165, 1.54) is 0 Å². The van der Waals surface area contributed by atoms with Crippen LogP contribution in [0, 0.1) is 0 Å². The molecule has 1 aliphatic heterocycles. The highest BCUT2D eigenvalue weighted by Crippen LogP contribution is 2.43. The number of ether oxygens (including phenoxy) is 1. The van der Waals surface area contributed by atoms with Gasteiger partial charge in [0.05, 0.1) is 17.7 Å². The summed E-state index contributed by atoms with van der Waals surface area (Å²) in [5.41, 5.74) is 2.47. The van der Waals surface area contributed by atoms with Crippen molar-refractivity contribution in [1.29, 1.82) is 0 Å². The molecule has 1 aliphatic carbocycles. The Hall–Kier alpha value is -1.85. The predicted molar refractivity (Wildman–Crippen MR) is 96.7 cm³/mol. The minimum absolute atomic E-state index is 0.0334. The molecule has 5 nitrogen and oxygen atoms in total. The first kappa shape index (κ1) is 16.6. The van der Waals surface area contributed by atoms with Gasteiger partial charge in [-0.25, -0.2) is 0 Å². The number of likely N-dealkylation sites (tertiary alicyclic amines) is 1. The van der Waals surface area contributed by atoms with Crippen molar-refractivity contribution in [3.63, 3.8) is 0 Å². The summed E-state index contributed by atoms with van der Waals surface area (Å²) in [6, 6.07) is 8.02. The number of carbonyl (C=O) groups is 1. The van der Waals surface area contributed by atoms with Gasteiger partial charge in [0.1, 0.15) is 5.69 Å². The summed E-state index contributed by atoms with van der Waals surface area (Å²) in [6.45, 7) is 2.77. The summed E-state index contributed by atoms with van der Waals surface area (Å²) < 4.78 is 5.87. The third-order valence-corrected chi connectivity index (χ3v) is 6.20. The van der Waals surface area contributed by atoms with Gasteiger partial charge in [0.2, 0.25) is 0 Å². The van der Waals surface area contributed by atoms with Crippen molar-refractivity contribution in [3.8, 4) is 0 Å². The summed E-state index contributed by atoms with van der Waals surface area (Å²) in [4.78, 5) is 18.6. The maximum Gasteiger partial charge on any atom is 0.270 e. The molecular weight excluding hydrogens is 316 g/mol. The molecule has 2 aromatic rings. The van der Waals surface area contributed by atoms with Crippen LogP contribution in [0.4, 0.5) is 0 Å². The number of rotatable bonds is 3. The normalized spacial score (nSPS) is 29.2. The molecule has 2 fully saturated rings. The minimum atomic E-state index is -0.352. The Morgan fingerprint density at radius 2 is 2.20 bits per heavy atom. The lowest BCUT2D eigenvalue weighted by atomic mass is 9.79. The molecule has 0 spiro atoms. The number of fused-ring (bicyclic) bond motifs is 2. The van der Waals surface area contributed by atoms with E-state index in [1.807, 2.05) is 23.1 Å². The average molecular weight is 342 g/mol. The molecular formula is C20H26N2O3. The van der Waals surface area contributed by atoms with E-state index in [-0.39, 0.29) is 23.7 Å². The molecule has 25 heavy (non-hydrogen) atoms. The molecule has 2 heterocycles. The quantitative estimate of drug-likeness (QED) is 0.901. The first-order valence-electron chi connectivity index (χ1n) is 9.23. The van der Waals surface area contributed by atoms with E-state index < -0.39 is 0 Å². The van der Waals surface area contributed by atoms with E-state index in [9.17, 15) is 9.90 Å². The highest BCUT2D eigenvalue weighted by molar-refractivity contribution is 6.01. The van der Waals surface area contributed by atoms with Crippen LogP contribution in [0.1, 0.15) is 48.7 Å². The number of aromatic amines is 1. The fourth-order valence-electron chi connectivity index (χ4n) is 4.81. The number of aryl methyl sites for hydroxylation is 1. The van der Waals surface area contributed by atoms with Gasteiger partial charge < -0.3 is 19.7 Å². The van der Waals surface area contributed by atoms with Gasteiger partial charge in [0.15, 0.2) is 0 Å². The second-order valence-electron chi connectivity index (χ2n) is 7.34. The number of hydrogen-bond donors (Lipinski definition) is 2. The van der Waals surface area contributed by atoms with E-state index >= 15 is 0 Å². The Bertz CT molecular complexity index is 799. The summed E-state index contributed by atoms with van der Waals surface area (Å²) in [7, 11) is 1.74. The van der Waals surface area contributed by atoms with E-state index in [0.717, 1.165) is 42.1 Å². The van der Waals surface area contributed by atoms with Gasteiger partial charge in [-0.05, 0) is 43.7 Å². The molecule has 1 aromatic carbocycles. The second kappa shape index (κ2) is 6.15. The van der Waals surface area contributed by atoms with Crippen molar-refractivity contribution in [3.05, 3.63) is 35.5 Å². The van der Waals surface area contributed by atoms with Crippen LogP contribution in [0.15, 0.2) is 24.3 Å². The van der Waals surface area contributed by atoms with Crippen LogP contribution in [-0.2, 0) is 11.2 Å². The number of aliphatic hydroxyl groups is 1. The van der Waals surface area contributed by atoms with Crippen LogP contribution < -0.4 is 0 Å². The molecule has 134 valence electrons. The number of benzene rings is 1. The monoisotopic (exact) mass is 342 g/mol. The zero-order valence-corrected chi connectivity index (χ0v) is 14.9. The summed E-state index contributed by atoms with van der Waals surface area (Å²) in [5.74, 6) is 0.0334. The topological polar surface area (TPSA) is 65.6 Å². The van der Waals surface area contributed by atoms with Crippen molar-refractivity contribution >= 4 is 16.8 Å².